The van der Waals surface area contributed by atoms with Gasteiger partial charge in [-0.1, -0.05) is 37.5 Å². The first-order valence-electron chi connectivity index (χ1n) is 6.35. The Morgan fingerprint density at radius 1 is 1.06 bits per heavy atom. The third-order valence-corrected chi connectivity index (χ3v) is 3.71. The first kappa shape index (κ1) is 13.4. The Labute approximate surface area is 105 Å². The molecular weight excluding hydrogens is 239 g/mol. The van der Waals surface area contributed by atoms with E-state index >= 15 is 0 Å². The van der Waals surface area contributed by atoms with Gasteiger partial charge < -0.3 is 5.73 Å². The molecule has 1 saturated carbocycles. The van der Waals surface area contributed by atoms with Crippen LogP contribution in [0.5, 0.6) is 0 Å². The summed E-state index contributed by atoms with van der Waals surface area (Å²) in [6, 6.07) is 5.76. The van der Waals surface area contributed by atoms with E-state index < -0.39 is 17.3 Å². The molecule has 0 heterocycles. The lowest BCUT2D eigenvalue weighted by Gasteiger charge is -2.34. The lowest BCUT2D eigenvalue weighted by atomic mass is 9.77. The largest absolute Gasteiger partial charge is 0.416 e. The topological polar surface area (TPSA) is 26.0 Å². The minimum atomic E-state index is -4.29. The van der Waals surface area contributed by atoms with E-state index in [0.717, 1.165) is 38.2 Å². The molecule has 0 spiro atoms. The van der Waals surface area contributed by atoms with Crippen LogP contribution in [0.3, 0.4) is 0 Å². The van der Waals surface area contributed by atoms with Crippen LogP contribution in [0.1, 0.15) is 43.2 Å². The quantitative estimate of drug-likeness (QED) is 0.854. The van der Waals surface area contributed by atoms with Crippen molar-refractivity contribution in [1.29, 1.82) is 0 Å². The van der Waals surface area contributed by atoms with Crippen LogP contribution in [-0.4, -0.2) is 5.54 Å². The summed E-state index contributed by atoms with van der Waals surface area (Å²) in [4.78, 5) is 0. The van der Waals surface area contributed by atoms with Crippen molar-refractivity contribution in [2.45, 2.75) is 50.2 Å². The molecule has 4 heteroatoms. The van der Waals surface area contributed by atoms with Crippen molar-refractivity contribution in [1.82, 2.24) is 0 Å². The molecule has 0 aliphatic heterocycles. The fourth-order valence-corrected chi connectivity index (χ4v) is 2.76. The maximum Gasteiger partial charge on any atom is 0.416 e. The fourth-order valence-electron chi connectivity index (χ4n) is 2.76. The highest BCUT2D eigenvalue weighted by Crippen LogP contribution is 2.35. The number of hydrogen-bond donors (Lipinski definition) is 1. The van der Waals surface area contributed by atoms with E-state index in [0.29, 0.717) is 12.0 Å². The molecule has 1 aromatic rings. The predicted octanol–water partition coefficient (Wildman–Crippen LogP) is 3.91. The van der Waals surface area contributed by atoms with Crippen molar-refractivity contribution >= 4 is 0 Å². The Morgan fingerprint density at radius 2 is 1.67 bits per heavy atom. The second-order valence-electron chi connectivity index (χ2n) is 5.25. The lowest BCUT2D eigenvalue weighted by Crippen LogP contribution is -2.44. The van der Waals surface area contributed by atoms with E-state index in [9.17, 15) is 13.2 Å². The molecule has 0 bridgehead atoms. The molecule has 1 aliphatic rings. The molecule has 1 nitrogen and oxygen atoms in total. The van der Waals surface area contributed by atoms with Crippen LogP contribution < -0.4 is 5.73 Å². The van der Waals surface area contributed by atoms with Crippen molar-refractivity contribution in [2.75, 3.05) is 0 Å². The fraction of sp³-hybridized carbons (Fsp3) is 0.571. The molecule has 2 N–H and O–H groups in total. The van der Waals surface area contributed by atoms with Crippen LogP contribution in [0.2, 0.25) is 0 Å². The first-order chi connectivity index (χ1) is 8.41. The molecule has 0 atom stereocenters. The van der Waals surface area contributed by atoms with E-state index in [1.165, 1.54) is 6.07 Å². The maximum atomic E-state index is 12.9. The molecule has 0 radical (unpaired) electrons. The summed E-state index contributed by atoms with van der Waals surface area (Å²) in [7, 11) is 0. The number of rotatable bonds is 2. The maximum absolute atomic E-state index is 12.9. The van der Waals surface area contributed by atoms with Crippen LogP contribution in [-0.2, 0) is 12.6 Å². The molecule has 0 amide bonds. The highest BCUT2D eigenvalue weighted by Gasteiger charge is 2.35. The Bertz CT molecular complexity index is 406. The zero-order valence-electron chi connectivity index (χ0n) is 10.3. The highest BCUT2D eigenvalue weighted by molar-refractivity contribution is 5.31. The summed E-state index contributed by atoms with van der Waals surface area (Å²) in [6.07, 6.45) is 0.845. The molecule has 0 saturated heterocycles. The van der Waals surface area contributed by atoms with Gasteiger partial charge in [-0.3, -0.25) is 0 Å². The molecule has 2 rings (SSSR count). The van der Waals surface area contributed by atoms with E-state index in [2.05, 4.69) is 0 Å². The predicted molar refractivity (Wildman–Crippen MR) is 65.2 cm³/mol. The first-order valence-corrected chi connectivity index (χ1v) is 6.35. The monoisotopic (exact) mass is 257 g/mol. The van der Waals surface area contributed by atoms with Gasteiger partial charge in [0.25, 0.3) is 0 Å². The van der Waals surface area contributed by atoms with Gasteiger partial charge in [-0.15, -0.1) is 0 Å². The van der Waals surface area contributed by atoms with Gasteiger partial charge in [-0.2, -0.15) is 13.2 Å². The van der Waals surface area contributed by atoms with E-state index in [4.69, 9.17) is 5.73 Å². The van der Waals surface area contributed by atoms with Crippen LogP contribution in [0.4, 0.5) is 13.2 Å². The second-order valence-corrected chi connectivity index (χ2v) is 5.25. The molecule has 1 aromatic carbocycles. The van der Waals surface area contributed by atoms with Crippen LogP contribution in [0.25, 0.3) is 0 Å². The van der Waals surface area contributed by atoms with Crippen LogP contribution >= 0.6 is 0 Å². The molecule has 0 aromatic heterocycles. The normalized spacial score (nSPS) is 19.8. The third kappa shape index (κ3) is 3.05. The molecular formula is C14H18F3N. The summed E-state index contributed by atoms with van der Waals surface area (Å²) in [5, 5.41) is 0. The Balaban J connectivity index is 2.23. The van der Waals surface area contributed by atoms with Gasteiger partial charge in [0.2, 0.25) is 0 Å². The molecule has 1 aliphatic carbocycles. The number of halogens is 3. The Morgan fingerprint density at radius 3 is 2.28 bits per heavy atom. The summed E-state index contributed by atoms with van der Waals surface area (Å²) in [6.45, 7) is 0. The van der Waals surface area contributed by atoms with Crippen LogP contribution in [0.15, 0.2) is 24.3 Å². The van der Waals surface area contributed by atoms with Crippen molar-refractivity contribution in [2.24, 2.45) is 5.73 Å². The summed E-state index contributed by atoms with van der Waals surface area (Å²) in [5.41, 5.74) is 5.56. The molecule has 1 fully saturated rings. The number of hydrogen-bond acceptors (Lipinski definition) is 1. The summed E-state index contributed by atoms with van der Waals surface area (Å²) < 4.78 is 38.7. The minimum Gasteiger partial charge on any atom is -0.325 e. The van der Waals surface area contributed by atoms with Gasteiger partial charge >= 0.3 is 6.18 Å². The van der Waals surface area contributed by atoms with Crippen molar-refractivity contribution in [3.8, 4) is 0 Å². The summed E-state index contributed by atoms with van der Waals surface area (Å²) in [5.74, 6) is 0. The SMILES string of the molecule is NC1(Cc2ccccc2C(F)(F)F)CCCCC1. The van der Waals surface area contributed by atoms with Crippen LogP contribution in [0, 0.1) is 0 Å². The number of benzene rings is 1. The molecule has 0 unspecified atom stereocenters. The van der Waals surface area contributed by atoms with Gasteiger partial charge in [0.05, 0.1) is 5.56 Å². The average molecular weight is 257 g/mol. The van der Waals surface area contributed by atoms with Gasteiger partial charge in [-0.05, 0) is 30.9 Å². The van der Waals surface area contributed by atoms with Gasteiger partial charge in [0.1, 0.15) is 0 Å². The number of alkyl halides is 3. The Hall–Kier alpha value is -1.03. The smallest absolute Gasteiger partial charge is 0.325 e. The molecule has 100 valence electrons. The molecule has 18 heavy (non-hydrogen) atoms. The van der Waals surface area contributed by atoms with Gasteiger partial charge in [0, 0.05) is 5.54 Å². The average Bonchev–Trinajstić information content (AvgIpc) is 2.28. The van der Waals surface area contributed by atoms with Gasteiger partial charge in [0.15, 0.2) is 0 Å². The lowest BCUT2D eigenvalue weighted by molar-refractivity contribution is -0.138. The van der Waals surface area contributed by atoms with Gasteiger partial charge in [-0.25, -0.2) is 0 Å². The Kier molecular flexibility index (Phi) is 3.66. The zero-order chi connectivity index (χ0) is 13.2. The van der Waals surface area contributed by atoms with E-state index in [-0.39, 0.29) is 0 Å². The van der Waals surface area contributed by atoms with E-state index in [1.54, 1.807) is 12.1 Å². The van der Waals surface area contributed by atoms with Crippen molar-refractivity contribution in [3.05, 3.63) is 35.4 Å². The minimum absolute atomic E-state index is 0.322. The number of nitrogens with two attached hydrogens (primary N) is 1. The second kappa shape index (κ2) is 4.92. The van der Waals surface area contributed by atoms with Crippen molar-refractivity contribution < 1.29 is 13.2 Å². The third-order valence-electron chi connectivity index (χ3n) is 3.71. The highest BCUT2D eigenvalue weighted by atomic mass is 19.4. The van der Waals surface area contributed by atoms with E-state index in [1.807, 2.05) is 0 Å². The standard InChI is InChI=1S/C14H18F3N/c15-14(16,17)12-7-3-2-6-11(12)10-13(18)8-4-1-5-9-13/h2-3,6-7H,1,4-5,8-10,18H2. The summed E-state index contributed by atoms with van der Waals surface area (Å²) >= 11 is 0. The zero-order valence-corrected chi connectivity index (χ0v) is 10.3. The van der Waals surface area contributed by atoms with Crippen molar-refractivity contribution in [3.63, 3.8) is 0 Å².